The minimum atomic E-state index is 0.468. The maximum Gasteiger partial charge on any atom is 0.130 e. The predicted molar refractivity (Wildman–Crippen MR) is 74.3 cm³/mol. The first-order valence-electron chi connectivity index (χ1n) is 7.00. The molecule has 18 heavy (non-hydrogen) atoms. The molecule has 0 amide bonds. The van der Waals surface area contributed by atoms with Crippen LogP contribution in [-0.4, -0.2) is 16.0 Å². The summed E-state index contributed by atoms with van der Waals surface area (Å²) in [5, 5.41) is 3.52. The zero-order chi connectivity index (χ0) is 13.0. The Balaban J connectivity index is 2.01. The quantitative estimate of drug-likeness (QED) is 0.859. The molecule has 4 heteroatoms. The molecule has 1 heterocycles. The summed E-state index contributed by atoms with van der Waals surface area (Å²) in [6.45, 7) is 4.64. The van der Waals surface area contributed by atoms with E-state index in [4.69, 9.17) is 5.73 Å². The smallest absolute Gasteiger partial charge is 0.130 e. The van der Waals surface area contributed by atoms with E-state index in [1.165, 1.54) is 32.1 Å². The van der Waals surface area contributed by atoms with E-state index in [0.29, 0.717) is 12.6 Å². The molecule has 0 aliphatic heterocycles. The minimum absolute atomic E-state index is 0.468. The molecule has 0 aromatic carbocycles. The molecule has 1 aromatic heterocycles. The Labute approximate surface area is 109 Å². The second-order valence-electron chi connectivity index (χ2n) is 5.33. The van der Waals surface area contributed by atoms with Crippen LogP contribution in [0.15, 0.2) is 6.07 Å². The highest BCUT2D eigenvalue weighted by molar-refractivity contribution is 5.37. The lowest BCUT2D eigenvalue weighted by Crippen LogP contribution is -2.28. The van der Waals surface area contributed by atoms with Crippen LogP contribution < -0.4 is 11.1 Å². The van der Waals surface area contributed by atoms with Crippen molar-refractivity contribution in [3.63, 3.8) is 0 Å². The number of hydrogen-bond donors (Lipinski definition) is 2. The van der Waals surface area contributed by atoms with Crippen LogP contribution >= 0.6 is 0 Å². The fourth-order valence-electron chi connectivity index (χ4n) is 2.79. The van der Waals surface area contributed by atoms with Gasteiger partial charge in [-0.25, -0.2) is 9.97 Å². The van der Waals surface area contributed by atoms with Crippen LogP contribution in [-0.2, 0) is 6.54 Å². The summed E-state index contributed by atoms with van der Waals surface area (Å²) >= 11 is 0. The fourth-order valence-corrected chi connectivity index (χ4v) is 2.79. The first-order chi connectivity index (χ1) is 8.69. The van der Waals surface area contributed by atoms with Crippen LogP contribution in [0.1, 0.15) is 50.5 Å². The fraction of sp³-hybridized carbons (Fsp3) is 0.714. The summed E-state index contributed by atoms with van der Waals surface area (Å²) in [5.41, 5.74) is 6.55. The maximum atomic E-state index is 5.64. The van der Waals surface area contributed by atoms with Crippen LogP contribution in [0.2, 0.25) is 0 Å². The third-order valence-corrected chi connectivity index (χ3v) is 3.83. The first kappa shape index (κ1) is 13.3. The predicted octanol–water partition coefficient (Wildman–Crippen LogP) is 2.62. The molecule has 1 saturated carbocycles. The molecule has 0 spiro atoms. The van der Waals surface area contributed by atoms with Crippen molar-refractivity contribution in [2.24, 2.45) is 11.7 Å². The summed E-state index contributed by atoms with van der Waals surface area (Å²) in [4.78, 5) is 8.73. The van der Waals surface area contributed by atoms with Gasteiger partial charge in [0.1, 0.15) is 11.6 Å². The molecule has 0 radical (unpaired) electrons. The summed E-state index contributed by atoms with van der Waals surface area (Å²) in [5.74, 6) is 2.48. The summed E-state index contributed by atoms with van der Waals surface area (Å²) in [7, 11) is 0. The molecule has 0 unspecified atom stereocenters. The van der Waals surface area contributed by atoms with Gasteiger partial charge in [0, 0.05) is 18.7 Å². The lowest BCUT2D eigenvalue weighted by atomic mass is 9.84. The molecule has 0 bridgehead atoms. The summed E-state index contributed by atoms with van der Waals surface area (Å²) < 4.78 is 0. The highest BCUT2D eigenvalue weighted by atomic mass is 15.0. The molecule has 2 rings (SSSR count). The Kier molecular flexibility index (Phi) is 4.53. The first-order valence-corrected chi connectivity index (χ1v) is 7.00. The van der Waals surface area contributed by atoms with Crippen molar-refractivity contribution in [3.05, 3.63) is 17.6 Å². The topological polar surface area (TPSA) is 63.8 Å². The number of anilines is 1. The molecular weight excluding hydrogens is 224 g/mol. The number of nitrogens with one attached hydrogen (secondary N) is 1. The zero-order valence-electron chi connectivity index (χ0n) is 11.4. The molecule has 3 N–H and O–H groups in total. The third-order valence-electron chi connectivity index (χ3n) is 3.83. The monoisotopic (exact) mass is 248 g/mol. The van der Waals surface area contributed by atoms with Crippen LogP contribution in [0.3, 0.4) is 0 Å². The maximum absolute atomic E-state index is 5.64. The van der Waals surface area contributed by atoms with E-state index in [1.807, 2.05) is 13.0 Å². The van der Waals surface area contributed by atoms with Crippen LogP contribution in [0, 0.1) is 12.8 Å². The molecule has 1 aliphatic rings. The second-order valence-corrected chi connectivity index (χ2v) is 5.33. The highest BCUT2D eigenvalue weighted by Gasteiger charge is 2.20. The molecule has 1 aromatic rings. The van der Waals surface area contributed by atoms with Gasteiger partial charge in [0.15, 0.2) is 0 Å². The number of rotatable bonds is 4. The largest absolute Gasteiger partial charge is 0.367 e. The molecule has 1 aliphatic carbocycles. The van der Waals surface area contributed by atoms with Gasteiger partial charge in [-0.3, -0.25) is 0 Å². The average Bonchev–Trinajstić information content (AvgIpc) is 2.39. The molecule has 1 fully saturated rings. The van der Waals surface area contributed by atoms with Crippen molar-refractivity contribution < 1.29 is 0 Å². The van der Waals surface area contributed by atoms with Crippen molar-refractivity contribution in [2.45, 2.75) is 58.5 Å². The lowest BCUT2D eigenvalue weighted by molar-refractivity contribution is 0.328. The number of aromatic nitrogens is 2. The lowest BCUT2D eigenvalue weighted by Gasteiger charge is -2.28. The zero-order valence-corrected chi connectivity index (χ0v) is 11.4. The Morgan fingerprint density at radius 1 is 1.33 bits per heavy atom. The van der Waals surface area contributed by atoms with Gasteiger partial charge in [0.25, 0.3) is 0 Å². The minimum Gasteiger partial charge on any atom is -0.367 e. The van der Waals surface area contributed by atoms with Gasteiger partial charge < -0.3 is 11.1 Å². The van der Waals surface area contributed by atoms with Crippen LogP contribution in [0.4, 0.5) is 5.82 Å². The normalized spacial score (nSPS) is 18.6. The van der Waals surface area contributed by atoms with Crippen molar-refractivity contribution in [3.8, 4) is 0 Å². The highest BCUT2D eigenvalue weighted by Crippen LogP contribution is 2.27. The van der Waals surface area contributed by atoms with E-state index < -0.39 is 0 Å². The molecule has 4 nitrogen and oxygen atoms in total. The van der Waals surface area contributed by atoms with Crippen LogP contribution in [0.25, 0.3) is 0 Å². The Morgan fingerprint density at radius 2 is 2.06 bits per heavy atom. The number of nitrogens with zero attached hydrogens (tertiary/aromatic N) is 2. The van der Waals surface area contributed by atoms with Gasteiger partial charge in [-0.1, -0.05) is 19.3 Å². The van der Waals surface area contributed by atoms with Crippen molar-refractivity contribution in [2.75, 3.05) is 5.32 Å². The van der Waals surface area contributed by atoms with Gasteiger partial charge >= 0.3 is 0 Å². The standard InChI is InChI=1S/C14H24N4/c1-10(12-6-4-3-5-7-12)16-14-8-13(9-15)17-11(2)18-14/h8,10,12H,3-7,9,15H2,1-2H3,(H,16,17,18)/t10-/m0/s1. The van der Waals surface area contributed by atoms with E-state index in [2.05, 4.69) is 22.2 Å². The van der Waals surface area contributed by atoms with Crippen molar-refractivity contribution in [1.82, 2.24) is 9.97 Å². The Morgan fingerprint density at radius 3 is 2.72 bits per heavy atom. The Bertz CT molecular complexity index is 385. The van der Waals surface area contributed by atoms with Crippen molar-refractivity contribution in [1.29, 1.82) is 0 Å². The molecular formula is C14H24N4. The van der Waals surface area contributed by atoms with Gasteiger partial charge in [0.2, 0.25) is 0 Å². The van der Waals surface area contributed by atoms with Crippen LogP contribution in [0.5, 0.6) is 0 Å². The third kappa shape index (κ3) is 3.42. The summed E-state index contributed by atoms with van der Waals surface area (Å²) in [6.07, 6.45) is 6.80. The van der Waals surface area contributed by atoms with Gasteiger partial charge in [-0.15, -0.1) is 0 Å². The number of nitrogens with two attached hydrogens (primary N) is 1. The van der Waals surface area contributed by atoms with Gasteiger partial charge in [-0.05, 0) is 32.6 Å². The van der Waals surface area contributed by atoms with Crippen molar-refractivity contribution >= 4 is 5.82 Å². The van der Waals surface area contributed by atoms with Gasteiger partial charge in [-0.2, -0.15) is 0 Å². The van der Waals surface area contributed by atoms with E-state index in [0.717, 1.165) is 23.3 Å². The number of hydrogen-bond acceptors (Lipinski definition) is 4. The van der Waals surface area contributed by atoms with E-state index in [-0.39, 0.29) is 0 Å². The SMILES string of the molecule is Cc1nc(CN)cc(N[C@@H](C)C2CCCCC2)n1. The second kappa shape index (κ2) is 6.14. The molecule has 0 saturated heterocycles. The van der Waals surface area contributed by atoms with Gasteiger partial charge in [0.05, 0.1) is 5.69 Å². The number of aryl methyl sites for hydroxylation is 1. The van der Waals surface area contributed by atoms with E-state index in [1.54, 1.807) is 0 Å². The summed E-state index contributed by atoms with van der Waals surface area (Å²) in [6, 6.07) is 2.44. The van der Waals surface area contributed by atoms with E-state index in [9.17, 15) is 0 Å². The van der Waals surface area contributed by atoms with E-state index >= 15 is 0 Å². The average molecular weight is 248 g/mol. The Hall–Kier alpha value is -1.16. The molecule has 100 valence electrons. The molecule has 1 atom stereocenters.